The number of esters is 1. The number of H-pyrrole nitrogens is 2. The maximum atomic E-state index is 15.6. The molecular weight excluding hydrogens is 1780 g/mol. The van der Waals surface area contributed by atoms with Crippen LogP contribution in [0.3, 0.4) is 0 Å². The fourth-order valence-electron chi connectivity index (χ4n) is 20.9. The Balaban J connectivity index is 0.000000287. The SMILES string of the molecule is CCOCCOCCOCCOCCCC(=O)CC[C@H](NC(=O)c1ccc(NCc2cnc3nc(N)[nH]c(=O)c3n2)cc1)C(=O)O.CCOCCOCc1cn(Cc2cnc(SC[Si](C)(C)O[Si](C)(C)CCCCC(=O)[C@@]3(O)[C@H](O)[C@]4(CC)C=CCN5CC[C@@]6(c7cc([C@@]8(C(=O)OC)C[C@H]9CN(CCc%10c8[nH]c8ccccc%108)C[C@](O)(CC)C9)c(OC)cc7N(C)[C@@H]36)[C@@H]54)nc2)nn1.S. The number of unbranched alkanes of at least 4 members (excludes halogenated alkanes) is 1. The number of fused-ring (bicyclic) bond motifs is 7. The van der Waals surface area contributed by atoms with Crippen molar-refractivity contribution in [1.29, 1.82) is 0 Å². The third-order valence-corrected chi connectivity index (χ3v) is 36.6. The molecule has 5 aromatic heterocycles. The number of Topliss-reactive ketones (excluding diaryl/α,β-unsaturated/α-hetero) is 2. The van der Waals surface area contributed by atoms with Gasteiger partial charge in [0.1, 0.15) is 34.8 Å². The Morgan fingerprint density at radius 1 is 0.767 bits per heavy atom. The van der Waals surface area contributed by atoms with Crippen molar-refractivity contribution < 1.29 is 86.4 Å². The van der Waals surface area contributed by atoms with Crippen LogP contribution in [0.2, 0.25) is 32.2 Å². The zero-order valence-electron chi connectivity index (χ0n) is 78.5. The number of thioether (sulfide) groups is 1. The van der Waals surface area contributed by atoms with Crippen molar-refractivity contribution in [2.75, 3.05) is 148 Å². The van der Waals surface area contributed by atoms with Crippen LogP contribution < -0.4 is 31.6 Å². The normalized spacial score (nSPS) is 23.2. The van der Waals surface area contributed by atoms with Gasteiger partial charge in [-0.1, -0.05) is 67.6 Å². The van der Waals surface area contributed by atoms with Gasteiger partial charge in [-0.15, -0.1) is 5.10 Å². The number of nitrogen functional groups attached to an aromatic ring is 1. The molecule has 1 amide bonds. The number of ketones is 2. The fourth-order valence-corrected chi connectivity index (χ4v) is 31.3. The number of aromatic nitrogens is 10. The van der Waals surface area contributed by atoms with Gasteiger partial charge in [0.15, 0.2) is 44.3 Å². The van der Waals surface area contributed by atoms with E-state index in [1.807, 2.05) is 64.6 Å². The molecule has 1 spiro atoms. The monoisotopic (exact) mass is 1910 g/mol. The van der Waals surface area contributed by atoms with Crippen LogP contribution in [0.5, 0.6) is 5.75 Å². The number of nitrogens with two attached hydrogens (primary N) is 1. The van der Waals surface area contributed by atoms with Crippen LogP contribution in [0.15, 0.2) is 108 Å². The van der Waals surface area contributed by atoms with Crippen molar-refractivity contribution in [3.8, 4) is 5.75 Å². The molecule has 5 aliphatic heterocycles. The molecular formula is C94H134N16O19S2Si2. The molecule has 6 aliphatic rings. The Morgan fingerprint density at radius 2 is 1.47 bits per heavy atom. The predicted octanol–water partition coefficient (Wildman–Crippen LogP) is 9.15. The first-order valence-electron chi connectivity index (χ1n) is 46.3. The van der Waals surface area contributed by atoms with Crippen molar-refractivity contribution in [3.63, 3.8) is 0 Å². The summed E-state index contributed by atoms with van der Waals surface area (Å²) in [5, 5.41) is 65.4. The van der Waals surface area contributed by atoms with E-state index < -0.39 is 85.7 Å². The molecule has 14 rings (SSSR count). The Hall–Kier alpha value is -9.02. The van der Waals surface area contributed by atoms with E-state index in [4.69, 9.17) is 47.7 Å². The van der Waals surface area contributed by atoms with E-state index >= 15 is 9.59 Å². The predicted molar refractivity (Wildman–Crippen MR) is 514 cm³/mol. The number of methoxy groups -OCH3 is 2. The zero-order chi connectivity index (χ0) is 94.2. The van der Waals surface area contributed by atoms with Gasteiger partial charge in [-0.05, 0) is 164 Å². The van der Waals surface area contributed by atoms with Crippen LogP contribution >= 0.6 is 25.3 Å². The fraction of sp³-hybridized carbons (Fsp3) is 0.585. The second kappa shape index (κ2) is 45.8. The first-order valence-corrected chi connectivity index (χ1v) is 53.5. The molecule has 724 valence electrons. The summed E-state index contributed by atoms with van der Waals surface area (Å²) in [7, 11) is 0.586. The Kier molecular flexibility index (Phi) is 35.4. The van der Waals surface area contributed by atoms with Gasteiger partial charge < -0.3 is 88.7 Å². The Labute approximate surface area is 790 Å². The topological polar surface area (TPSA) is 453 Å². The van der Waals surface area contributed by atoms with Gasteiger partial charge >= 0.3 is 11.9 Å². The van der Waals surface area contributed by atoms with Crippen LogP contribution in [0.4, 0.5) is 17.3 Å². The highest BCUT2D eigenvalue weighted by molar-refractivity contribution is 8.00. The number of nitrogens with zero attached hydrogens (tertiary/aromatic N) is 11. The lowest BCUT2D eigenvalue weighted by Crippen LogP contribution is -2.80. The van der Waals surface area contributed by atoms with Crippen LogP contribution in [-0.4, -0.2) is 294 Å². The number of aliphatic hydroxyl groups is 3. The minimum absolute atomic E-state index is 0. The number of aliphatic carboxylic acids is 1. The number of likely N-dealkylation sites (N-methyl/N-ethyl adjacent to an activating group) is 1. The van der Waals surface area contributed by atoms with E-state index in [0.29, 0.717) is 198 Å². The minimum atomic E-state index is -2.25. The number of hydrogen-bond acceptors (Lipinski definition) is 31. The second-order valence-electron chi connectivity index (χ2n) is 36.7. The summed E-state index contributed by atoms with van der Waals surface area (Å²) >= 11 is 1.61. The molecule has 1 unspecified atom stereocenters. The Bertz CT molecular complexity index is 5390. The van der Waals surface area contributed by atoms with Gasteiger partial charge in [-0.3, -0.25) is 38.8 Å². The largest absolute Gasteiger partial charge is 0.496 e. The number of ether oxygens (including phenoxy) is 8. The number of para-hydroxylation sites is 1. The van der Waals surface area contributed by atoms with Crippen molar-refractivity contribution in [2.24, 2.45) is 11.3 Å². The number of rotatable bonds is 47. The summed E-state index contributed by atoms with van der Waals surface area (Å²) in [5.41, 5.74) is 6.98. The van der Waals surface area contributed by atoms with Crippen molar-refractivity contribution >= 4 is 111 Å². The van der Waals surface area contributed by atoms with Crippen molar-refractivity contribution in [1.82, 2.24) is 65.0 Å². The number of aliphatic hydroxyl groups excluding tert-OH is 1. The molecule has 3 fully saturated rings. The number of carboxylic acids is 1. The number of amides is 1. The maximum Gasteiger partial charge on any atom is 0.326 e. The van der Waals surface area contributed by atoms with Gasteiger partial charge in [0.2, 0.25) is 5.95 Å². The van der Waals surface area contributed by atoms with E-state index in [1.165, 1.54) is 25.4 Å². The van der Waals surface area contributed by atoms with Crippen LogP contribution in [0.1, 0.15) is 154 Å². The molecule has 133 heavy (non-hydrogen) atoms. The molecule has 2 saturated heterocycles. The zero-order valence-corrected chi connectivity index (χ0v) is 82.3. The first-order chi connectivity index (χ1) is 63.4. The molecule has 11 atom stereocenters. The number of carbonyl (C=O) groups excluding carboxylic acids is 4. The van der Waals surface area contributed by atoms with E-state index in [9.17, 15) is 39.6 Å². The molecule has 8 aromatic rings. The van der Waals surface area contributed by atoms with Crippen molar-refractivity contribution in [3.05, 3.63) is 153 Å². The van der Waals surface area contributed by atoms with E-state index in [1.54, 1.807) is 35.7 Å². The average Bonchev–Trinajstić information content (AvgIpc) is 1.48. The molecule has 10 N–H and O–H groups in total. The molecule has 10 heterocycles. The summed E-state index contributed by atoms with van der Waals surface area (Å²) in [4.78, 5) is 115. The average molecular weight is 1910 g/mol. The summed E-state index contributed by atoms with van der Waals surface area (Å²) in [6, 6.07) is 17.3. The number of anilines is 3. The number of hydrogen-bond donors (Lipinski definition) is 9. The first kappa shape index (κ1) is 103. The van der Waals surface area contributed by atoms with Crippen LogP contribution in [-0.2, 0) is 93.4 Å². The number of carbonyl (C=O) groups is 5. The molecule has 1 saturated carbocycles. The van der Waals surface area contributed by atoms with Crippen molar-refractivity contribution in [2.45, 2.75) is 215 Å². The van der Waals surface area contributed by atoms with Gasteiger partial charge in [-0.25, -0.2) is 29.4 Å². The minimum Gasteiger partial charge on any atom is -0.496 e. The van der Waals surface area contributed by atoms with Gasteiger partial charge in [0, 0.05) is 158 Å². The molecule has 3 aromatic carbocycles. The highest BCUT2D eigenvalue weighted by Gasteiger charge is 2.78. The third kappa shape index (κ3) is 23.5. The molecule has 35 nitrogen and oxygen atoms in total. The lowest BCUT2D eigenvalue weighted by molar-refractivity contribution is -0.202. The number of piperidine rings is 1. The van der Waals surface area contributed by atoms with E-state index in [2.05, 4.69) is 134 Å². The highest BCUT2D eigenvalue weighted by atomic mass is 32.2. The molecule has 1 aliphatic carbocycles. The summed E-state index contributed by atoms with van der Waals surface area (Å²) in [5.74, 6) is -2.36. The highest BCUT2D eigenvalue weighted by Crippen LogP contribution is 2.68. The summed E-state index contributed by atoms with van der Waals surface area (Å²) in [6.07, 6.45) is 15.1. The lowest BCUT2D eigenvalue weighted by atomic mass is 9.47. The van der Waals surface area contributed by atoms with Gasteiger partial charge in [-0.2, -0.15) is 18.5 Å². The van der Waals surface area contributed by atoms with Crippen LogP contribution in [0, 0.1) is 11.3 Å². The van der Waals surface area contributed by atoms with Crippen LogP contribution in [0.25, 0.3) is 22.1 Å². The molecule has 0 radical (unpaired) electrons. The number of aromatic amines is 2. The van der Waals surface area contributed by atoms with E-state index in [-0.39, 0.29) is 91.9 Å². The van der Waals surface area contributed by atoms with Gasteiger partial charge in [0.25, 0.3) is 11.5 Å². The van der Waals surface area contributed by atoms with E-state index in [0.717, 1.165) is 62.5 Å². The number of benzene rings is 3. The number of nitrogens with one attached hydrogen (secondary N) is 4. The number of carboxylic acid groups (broad SMARTS) is 1. The summed E-state index contributed by atoms with van der Waals surface area (Å²) < 4.78 is 53.7. The lowest BCUT2D eigenvalue weighted by Gasteiger charge is -2.63. The second-order valence-corrected chi connectivity index (χ2v) is 46.9. The standard InChI is InChI=1S/C64H91N9O10SSi2.C30H41N7O9.H2S/c1-11-60(77)33-43-34-63(58(76)80-6,54-47(22-26-71(37-43)41-60)46-19-14-15-20-50(46)67-54)49-31-48-51(32-52(49)79-5)70(4)56-62(48)24-27-72-25-18-23-61(12-2,55(62)72)57(75)64(56,78)53(74)21-16-17-30-85(7,8)83-86(9,10)42-84-59-65-35-44(36-66-59)38-73-39-45(68-69-73)40-82-29-28-81-13-3;1-2-43-12-13-45-16-17-46-15-14-44-11-3-4-23(38)9-10-24(29(41)42)35-27(39)20-5-7-21(8-6-20)32-18-22-19-33-26-25(34-22)28(40)37-30(31)36-26;/h14-15,18-20,23,31-32,35-36,39,43,55-57,67,75,77-78H,11-13,16-17,21-22,24-30,33-34,37-38,40-42H2,1-10H3;5-8,19,24,32H,2-4,9-18H2,1H3,(H,35,39)(H,41,42)(H3,31,33,36,37,40);1H2/t43-,55-,56+,57+,60-,61+,62+,63-,64-;24-;/m00./s1. The Morgan fingerprint density at radius 3 is 2.17 bits per heavy atom. The smallest absolute Gasteiger partial charge is 0.326 e. The quantitative estimate of drug-likeness (QED) is 0.00428. The molecule has 39 heteroatoms. The maximum absolute atomic E-state index is 15.6. The summed E-state index contributed by atoms with van der Waals surface area (Å²) in [6.45, 7) is 27.0. The van der Waals surface area contributed by atoms with Gasteiger partial charge in [0.05, 0.1) is 117 Å². The third-order valence-electron chi connectivity index (χ3n) is 26.7. The molecule has 2 bridgehead atoms.